The topological polar surface area (TPSA) is 135 Å². The summed E-state index contributed by atoms with van der Waals surface area (Å²) >= 11 is 5.72. The smallest absolute Gasteiger partial charge is 0.243 e. The van der Waals surface area contributed by atoms with Crippen LogP contribution in [0.25, 0.3) is 0 Å². The van der Waals surface area contributed by atoms with Crippen LogP contribution in [-0.2, 0) is 11.3 Å². The van der Waals surface area contributed by atoms with Gasteiger partial charge < -0.3 is 25.2 Å². The van der Waals surface area contributed by atoms with Crippen molar-refractivity contribution in [2.75, 3.05) is 61.0 Å². The van der Waals surface area contributed by atoms with Crippen LogP contribution in [0.5, 0.6) is 0 Å². The Labute approximate surface area is 189 Å². The number of hydrogen-bond donors (Lipinski definition) is 2. The van der Waals surface area contributed by atoms with Crippen LogP contribution in [0.1, 0.15) is 0 Å². The second kappa shape index (κ2) is 9.54. The Balaban J connectivity index is 1.18. The predicted molar refractivity (Wildman–Crippen MR) is 117 cm³/mol. The molecule has 2 aliphatic heterocycles. The van der Waals surface area contributed by atoms with Gasteiger partial charge in [-0.1, -0.05) is 0 Å². The van der Waals surface area contributed by atoms with Crippen molar-refractivity contribution in [1.29, 1.82) is 0 Å². The molecule has 2 saturated heterocycles. The van der Waals surface area contributed by atoms with Crippen molar-refractivity contribution >= 4 is 35.0 Å². The van der Waals surface area contributed by atoms with Crippen LogP contribution in [-0.4, -0.2) is 91.9 Å². The van der Waals surface area contributed by atoms with Crippen LogP contribution in [0.15, 0.2) is 24.9 Å². The fraction of sp³-hybridized carbons (Fsp3) is 0.500. The fourth-order valence-corrected chi connectivity index (χ4v) is 3.73. The van der Waals surface area contributed by atoms with Gasteiger partial charge in [0.15, 0.2) is 5.82 Å². The van der Waals surface area contributed by atoms with E-state index in [9.17, 15) is 0 Å². The van der Waals surface area contributed by atoms with Crippen LogP contribution in [0.4, 0.5) is 23.4 Å². The van der Waals surface area contributed by atoms with E-state index in [0.29, 0.717) is 24.3 Å². The second-order valence-corrected chi connectivity index (χ2v) is 7.78. The molecule has 0 saturated carbocycles. The minimum absolute atomic E-state index is 0.119. The molecule has 3 aromatic rings. The van der Waals surface area contributed by atoms with Crippen molar-refractivity contribution < 1.29 is 4.74 Å². The van der Waals surface area contributed by atoms with Crippen LogP contribution < -0.4 is 20.4 Å². The lowest BCUT2D eigenvalue weighted by molar-refractivity contribution is 0.0161. The van der Waals surface area contributed by atoms with Gasteiger partial charge in [-0.05, 0) is 11.6 Å². The summed E-state index contributed by atoms with van der Waals surface area (Å²) in [6.07, 6.45) is 6.93. The van der Waals surface area contributed by atoms with Crippen LogP contribution in [0, 0.1) is 0 Å². The largest absolute Gasteiger partial charge is 0.374 e. The molecule has 0 spiro atoms. The number of rotatable bonds is 6. The molecule has 0 aliphatic carbocycles. The summed E-state index contributed by atoms with van der Waals surface area (Å²) in [6, 6.07) is 0. The summed E-state index contributed by atoms with van der Waals surface area (Å²) in [6.45, 7) is 6.11. The van der Waals surface area contributed by atoms with E-state index in [1.54, 1.807) is 12.4 Å². The highest BCUT2D eigenvalue weighted by molar-refractivity contribution is 6.28. The van der Waals surface area contributed by atoms with Gasteiger partial charge >= 0.3 is 0 Å². The molecule has 5 heterocycles. The number of anilines is 4. The Bertz CT molecular complexity index is 1020. The number of nitrogens with one attached hydrogen (secondary N) is 2. The standard InChI is InChI=1S/C18H23ClN12O/c19-16-21-9-15(27-28-16)29-2-4-30(5-3-29)18-23-12-22-17(26-18)25-13-7-24-31(10-13)11-14-8-20-1-6-32-14/h7,9-10,12,14,20H,1-6,8,11H2,(H,22,23,25,26). The first-order valence-electron chi connectivity index (χ1n) is 10.4. The van der Waals surface area contributed by atoms with Crippen LogP contribution in [0.2, 0.25) is 5.28 Å². The van der Waals surface area contributed by atoms with Gasteiger partial charge in [-0.25, -0.2) is 15.0 Å². The number of piperazine rings is 1. The predicted octanol–water partition coefficient (Wildman–Crippen LogP) is -0.0349. The molecule has 0 radical (unpaired) electrons. The molecule has 1 unspecified atom stereocenters. The van der Waals surface area contributed by atoms with Gasteiger partial charge in [-0.3, -0.25) is 4.68 Å². The number of nitrogens with zero attached hydrogens (tertiary/aromatic N) is 10. The van der Waals surface area contributed by atoms with E-state index in [2.05, 4.69) is 55.7 Å². The van der Waals surface area contributed by atoms with Crippen molar-refractivity contribution in [2.24, 2.45) is 0 Å². The van der Waals surface area contributed by atoms with E-state index >= 15 is 0 Å². The molecule has 14 heteroatoms. The molecule has 1 atom stereocenters. The normalized spacial score (nSPS) is 19.2. The summed E-state index contributed by atoms with van der Waals surface area (Å²) in [5, 5.41) is 19.0. The van der Waals surface area contributed by atoms with E-state index in [1.165, 1.54) is 6.33 Å². The molecule has 13 nitrogen and oxygen atoms in total. The number of ether oxygens (including phenoxy) is 1. The van der Waals surface area contributed by atoms with Gasteiger partial charge in [0.05, 0.1) is 37.3 Å². The Hall–Kier alpha value is -3.16. The van der Waals surface area contributed by atoms with Crippen molar-refractivity contribution in [3.63, 3.8) is 0 Å². The molecular formula is C18H23ClN12O. The quantitative estimate of drug-likeness (QED) is 0.513. The third kappa shape index (κ3) is 5.00. The average molecular weight is 459 g/mol. The third-order valence-electron chi connectivity index (χ3n) is 5.25. The zero-order valence-electron chi connectivity index (χ0n) is 17.3. The van der Waals surface area contributed by atoms with Crippen molar-refractivity contribution in [1.82, 2.24) is 45.2 Å². The van der Waals surface area contributed by atoms with Gasteiger partial charge in [-0.2, -0.15) is 10.1 Å². The monoisotopic (exact) mass is 458 g/mol. The molecule has 0 amide bonds. The lowest BCUT2D eigenvalue weighted by Gasteiger charge is -2.34. The van der Waals surface area contributed by atoms with Gasteiger partial charge in [0.2, 0.25) is 17.2 Å². The van der Waals surface area contributed by atoms with Crippen LogP contribution >= 0.6 is 11.6 Å². The van der Waals surface area contributed by atoms with Gasteiger partial charge in [0, 0.05) is 45.5 Å². The lowest BCUT2D eigenvalue weighted by atomic mass is 10.3. The molecule has 5 rings (SSSR count). The Morgan fingerprint density at radius 2 is 1.97 bits per heavy atom. The summed E-state index contributed by atoms with van der Waals surface area (Å²) in [7, 11) is 0. The van der Waals surface area contributed by atoms with Crippen molar-refractivity contribution in [2.45, 2.75) is 12.6 Å². The first kappa shape index (κ1) is 20.7. The van der Waals surface area contributed by atoms with Gasteiger partial charge in [0.1, 0.15) is 6.33 Å². The van der Waals surface area contributed by atoms with Crippen molar-refractivity contribution in [3.05, 3.63) is 30.2 Å². The van der Waals surface area contributed by atoms with E-state index in [1.807, 2.05) is 10.9 Å². The summed E-state index contributed by atoms with van der Waals surface area (Å²) < 4.78 is 7.59. The Morgan fingerprint density at radius 1 is 1.09 bits per heavy atom. The number of aromatic nitrogens is 8. The third-order valence-corrected chi connectivity index (χ3v) is 5.42. The SMILES string of the molecule is Clc1ncc(N2CCN(c3ncnc(Nc4cnn(CC5CNCCO5)c4)n3)CC2)nn1. The molecular weight excluding hydrogens is 436 g/mol. The lowest BCUT2D eigenvalue weighted by Crippen LogP contribution is -2.47. The minimum Gasteiger partial charge on any atom is -0.374 e. The minimum atomic E-state index is 0.119. The molecule has 2 fully saturated rings. The molecule has 32 heavy (non-hydrogen) atoms. The summed E-state index contributed by atoms with van der Waals surface area (Å²) in [5.74, 6) is 1.80. The maximum absolute atomic E-state index is 5.73. The highest BCUT2D eigenvalue weighted by Gasteiger charge is 2.21. The van der Waals surface area contributed by atoms with Crippen molar-refractivity contribution in [3.8, 4) is 0 Å². The summed E-state index contributed by atoms with van der Waals surface area (Å²) in [4.78, 5) is 21.4. The number of morpholine rings is 1. The van der Waals surface area contributed by atoms with E-state index < -0.39 is 0 Å². The zero-order valence-corrected chi connectivity index (χ0v) is 18.1. The summed E-state index contributed by atoms with van der Waals surface area (Å²) in [5.41, 5.74) is 0.810. The molecule has 0 aromatic carbocycles. The molecule has 2 aliphatic rings. The molecule has 168 valence electrons. The van der Waals surface area contributed by atoms with E-state index in [-0.39, 0.29) is 11.4 Å². The van der Waals surface area contributed by atoms with E-state index in [0.717, 1.165) is 51.6 Å². The molecule has 3 aromatic heterocycles. The van der Waals surface area contributed by atoms with Gasteiger partial charge in [0.25, 0.3) is 0 Å². The highest BCUT2D eigenvalue weighted by atomic mass is 35.5. The average Bonchev–Trinajstić information content (AvgIpc) is 3.27. The van der Waals surface area contributed by atoms with Gasteiger partial charge in [-0.15, -0.1) is 10.2 Å². The first-order chi connectivity index (χ1) is 15.7. The second-order valence-electron chi connectivity index (χ2n) is 7.44. The first-order valence-corrected chi connectivity index (χ1v) is 10.8. The maximum Gasteiger partial charge on any atom is 0.243 e. The number of halogens is 1. The van der Waals surface area contributed by atoms with E-state index in [4.69, 9.17) is 16.3 Å². The molecule has 0 bridgehead atoms. The fourth-order valence-electron chi connectivity index (χ4n) is 3.64. The molecule has 2 N–H and O–H groups in total. The van der Waals surface area contributed by atoms with Crippen LogP contribution in [0.3, 0.4) is 0 Å². The number of hydrogen-bond acceptors (Lipinski definition) is 12. The Kier molecular flexibility index (Phi) is 6.18. The maximum atomic E-state index is 5.73. The zero-order chi connectivity index (χ0) is 21.8. The highest BCUT2D eigenvalue weighted by Crippen LogP contribution is 2.18. The Morgan fingerprint density at radius 3 is 2.75 bits per heavy atom.